The number of nitrogens with zero attached hydrogens (tertiary/aromatic N) is 1. The average molecular weight is 502 g/mol. The standard InChI is InChI=1S/C30H25Cl2NO2/c31-25-18-20-19-33(17-16-24(20)27(32)26(25)28-29(34)35-28)30(21-10-4-1-5-11-21,22-12-6-2-7-13-22)23-14-8-3-9-15-23/h1-15,18,28-29,34H,16-17,19H2. The minimum atomic E-state index is -0.829. The Morgan fingerprint density at radius 3 is 1.74 bits per heavy atom. The lowest BCUT2D eigenvalue weighted by atomic mass is 9.74. The van der Waals surface area contributed by atoms with Gasteiger partial charge in [-0.1, -0.05) is 114 Å². The van der Waals surface area contributed by atoms with E-state index in [1.165, 1.54) is 16.7 Å². The molecule has 6 rings (SSSR count). The van der Waals surface area contributed by atoms with E-state index in [1.54, 1.807) is 0 Å². The number of ether oxygens (including phenoxy) is 1. The molecule has 1 saturated heterocycles. The molecule has 1 fully saturated rings. The highest BCUT2D eigenvalue weighted by Gasteiger charge is 2.45. The summed E-state index contributed by atoms with van der Waals surface area (Å²) in [4.78, 5) is 2.53. The topological polar surface area (TPSA) is 36.0 Å². The average Bonchev–Trinajstić information content (AvgIpc) is 3.62. The molecule has 4 aromatic carbocycles. The van der Waals surface area contributed by atoms with E-state index in [2.05, 4.69) is 95.9 Å². The first-order chi connectivity index (χ1) is 17.1. The fraction of sp³-hybridized carbons (Fsp3) is 0.200. The molecule has 5 heteroatoms. The number of halogens is 2. The van der Waals surface area contributed by atoms with Crippen LogP contribution in [0.15, 0.2) is 97.1 Å². The van der Waals surface area contributed by atoms with Crippen LogP contribution in [0.25, 0.3) is 0 Å². The predicted molar refractivity (Wildman–Crippen MR) is 140 cm³/mol. The molecule has 35 heavy (non-hydrogen) atoms. The van der Waals surface area contributed by atoms with Crippen LogP contribution < -0.4 is 0 Å². The molecular formula is C30H25Cl2NO2. The summed E-state index contributed by atoms with van der Waals surface area (Å²) in [5, 5.41) is 11.0. The Morgan fingerprint density at radius 2 is 1.29 bits per heavy atom. The summed E-state index contributed by atoms with van der Waals surface area (Å²) in [7, 11) is 0. The van der Waals surface area contributed by atoms with Gasteiger partial charge in [-0.2, -0.15) is 0 Å². The van der Waals surface area contributed by atoms with E-state index in [0.717, 1.165) is 24.1 Å². The Balaban J connectivity index is 1.53. The maximum absolute atomic E-state index is 9.81. The number of epoxide rings is 1. The van der Waals surface area contributed by atoms with Gasteiger partial charge in [-0.15, -0.1) is 0 Å². The first kappa shape index (κ1) is 22.8. The molecule has 0 aliphatic carbocycles. The number of benzene rings is 4. The van der Waals surface area contributed by atoms with Gasteiger partial charge in [-0.05, 0) is 40.3 Å². The van der Waals surface area contributed by atoms with Crippen LogP contribution in [0, 0.1) is 0 Å². The first-order valence-corrected chi connectivity index (χ1v) is 12.6. The summed E-state index contributed by atoms with van der Waals surface area (Å²) < 4.78 is 5.28. The van der Waals surface area contributed by atoms with Crippen molar-refractivity contribution in [2.75, 3.05) is 6.54 Å². The zero-order valence-corrected chi connectivity index (χ0v) is 20.6. The Morgan fingerprint density at radius 1 is 0.800 bits per heavy atom. The SMILES string of the molecule is OC1OC1c1c(Cl)cc2c(c1Cl)CCN(C(c1ccccc1)(c1ccccc1)c1ccccc1)C2. The maximum Gasteiger partial charge on any atom is 0.186 e. The lowest BCUT2D eigenvalue weighted by Crippen LogP contribution is -2.50. The smallest absolute Gasteiger partial charge is 0.186 e. The number of rotatable bonds is 5. The van der Waals surface area contributed by atoms with E-state index in [9.17, 15) is 5.11 Å². The molecule has 2 heterocycles. The van der Waals surface area contributed by atoms with E-state index in [0.29, 0.717) is 22.2 Å². The van der Waals surface area contributed by atoms with Crippen molar-refractivity contribution in [3.05, 3.63) is 140 Å². The van der Waals surface area contributed by atoms with Crippen molar-refractivity contribution in [2.45, 2.75) is 30.9 Å². The zero-order chi connectivity index (χ0) is 24.0. The molecule has 0 saturated carbocycles. The highest BCUT2D eigenvalue weighted by molar-refractivity contribution is 6.36. The second-order valence-electron chi connectivity index (χ2n) is 9.15. The third-order valence-corrected chi connectivity index (χ3v) is 7.99. The van der Waals surface area contributed by atoms with Crippen molar-refractivity contribution in [1.29, 1.82) is 0 Å². The van der Waals surface area contributed by atoms with Gasteiger partial charge in [0.15, 0.2) is 6.29 Å². The molecule has 2 aliphatic heterocycles. The van der Waals surface area contributed by atoms with Gasteiger partial charge >= 0.3 is 0 Å². The van der Waals surface area contributed by atoms with Crippen LogP contribution in [0.5, 0.6) is 0 Å². The Bertz CT molecular complexity index is 1250. The van der Waals surface area contributed by atoms with Crippen molar-refractivity contribution >= 4 is 23.2 Å². The molecule has 0 amide bonds. The third-order valence-electron chi connectivity index (χ3n) is 7.24. The molecular weight excluding hydrogens is 477 g/mol. The second-order valence-corrected chi connectivity index (χ2v) is 9.94. The summed E-state index contributed by atoms with van der Waals surface area (Å²) >= 11 is 13.5. The van der Waals surface area contributed by atoms with E-state index in [-0.39, 0.29) is 0 Å². The van der Waals surface area contributed by atoms with Crippen molar-refractivity contribution < 1.29 is 9.84 Å². The zero-order valence-electron chi connectivity index (χ0n) is 19.1. The minimum Gasteiger partial charge on any atom is -0.366 e. The van der Waals surface area contributed by atoms with Crippen molar-refractivity contribution in [2.24, 2.45) is 0 Å². The van der Waals surface area contributed by atoms with Crippen LogP contribution in [0.4, 0.5) is 0 Å². The predicted octanol–water partition coefficient (Wildman–Crippen LogP) is 6.73. The van der Waals surface area contributed by atoms with Crippen LogP contribution in [-0.2, 0) is 23.2 Å². The minimum absolute atomic E-state index is 0.435. The fourth-order valence-electron chi connectivity index (χ4n) is 5.62. The van der Waals surface area contributed by atoms with Gasteiger partial charge in [0.2, 0.25) is 0 Å². The van der Waals surface area contributed by atoms with Gasteiger partial charge in [-0.25, -0.2) is 0 Å². The fourth-order valence-corrected chi connectivity index (χ4v) is 6.42. The summed E-state index contributed by atoms with van der Waals surface area (Å²) in [6.07, 6.45) is -0.490. The molecule has 0 radical (unpaired) electrons. The second kappa shape index (κ2) is 9.09. The lowest BCUT2D eigenvalue weighted by Gasteiger charge is -2.48. The third kappa shape index (κ3) is 3.79. The van der Waals surface area contributed by atoms with Crippen molar-refractivity contribution in [1.82, 2.24) is 4.90 Å². The number of fused-ring (bicyclic) bond motifs is 1. The van der Waals surface area contributed by atoms with Crippen molar-refractivity contribution in [3.63, 3.8) is 0 Å². The van der Waals surface area contributed by atoms with Gasteiger partial charge in [0.05, 0.1) is 10.6 Å². The molecule has 2 aliphatic rings. The molecule has 0 bridgehead atoms. The van der Waals surface area contributed by atoms with E-state index in [4.69, 9.17) is 27.9 Å². The molecule has 3 nitrogen and oxygen atoms in total. The summed E-state index contributed by atoms with van der Waals surface area (Å²) in [5.41, 5.74) is 6.05. The van der Waals surface area contributed by atoms with Crippen LogP contribution in [0.1, 0.15) is 39.5 Å². The van der Waals surface area contributed by atoms with Crippen LogP contribution in [-0.4, -0.2) is 22.8 Å². The van der Waals surface area contributed by atoms with E-state index < -0.39 is 17.9 Å². The maximum atomic E-state index is 9.81. The van der Waals surface area contributed by atoms with Gasteiger partial charge in [0.1, 0.15) is 6.10 Å². The number of aliphatic hydroxyl groups is 1. The molecule has 0 spiro atoms. The summed E-state index contributed by atoms with van der Waals surface area (Å²) in [6, 6.07) is 34.1. The largest absolute Gasteiger partial charge is 0.366 e. The molecule has 2 unspecified atom stereocenters. The quantitative estimate of drug-likeness (QED) is 0.243. The molecule has 2 atom stereocenters. The Hall–Kier alpha value is -2.66. The van der Waals surface area contributed by atoms with Gasteiger partial charge in [0.25, 0.3) is 0 Å². The van der Waals surface area contributed by atoms with Gasteiger partial charge in [-0.3, -0.25) is 4.90 Å². The monoisotopic (exact) mass is 501 g/mol. The number of hydrogen-bond donors (Lipinski definition) is 1. The molecule has 4 aromatic rings. The van der Waals surface area contributed by atoms with Crippen molar-refractivity contribution in [3.8, 4) is 0 Å². The van der Waals surface area contributed by atoms with Crippen LogP contribution in [0.3, 0.4) is 0 Å². The van der Waals surface area contributed by atoms with Gasteiger partial charge < -0.3 is 9.84 Å². The highest BCUT2D eigenvalue weighted by atomic mass is 35.5. The van der Waals surface area contributed by atoms with Crippen LogP contribution >= 0.6 is 23.2 Å². The Kier molecular flexibility index (Phi) is 5.92. The molecule has 0 aromatic heterocycles. The number of hydrogen-bond acceptors (Lipinski definition) is 3. The first-order valence-electron chi connectivity index (χ1n) is 11.9. The summed E-state index contributed by atoms with van der Waals surface area (Å²) in [5.74, 6) is 0. The van der Waals surface area contributed by atoms with Crippen LogP contribution in [0.2, 0.25) is 10.0 Å². The lowest BCUT2D eigenvalue weighted by molar-refractivity contribution is 0.139. The van der Waals surface area contributed by atoms with Gasteiger partial charge in [0, 0.05) is 23.7 Å². The highest BCUT2D eigenvalue weighted by Crippen LogP contribution is 2.49. The Labute approximate surface area is 215 Å². The van der Waals surface area contributed by atoms with E-state index >= 15 is 0 Å². The summed E-state index contributed by atoms with van der Waals surface area (Å²) in [6.45, 7) is 1.49. The normalized spacial score (nSPS) is 19.9. The number of aliphatic hydroxyl groups excluding tert-OH is 1. The molecule has 1 N–H and O–H groups in total. The van der Waals surface area contributed by atoms with E-state index in [1.807, 2.05) is 6.07 Å². The molecule has 176 valence electrons.